The molecule has 0 aromatic heterocycles. The first-order chi connectivity index (χ1) is 7.26. The molecule has 2 fully saturated rings. The van der Waals surface area contributed by atoms with Crippen LogP contribution in [0.25, 0.3) is 0 Å². The molecule has 0 saturated carbocycles. The topological polar surface area (TPSA) is 49.3 Å². The molecule has 0 aromatic carbocycles. The Hall–Kier alpha value is -0.220. The molecule has 0 amide bonds. The first kappa shape index (κ1) is 11.3. The molecule has 4 heteroatoms. The number of nitrogens with one attached hydrogen (secondary N) is 1. The second-order valence-corrected chi connectivity index (χ2v) is 5.83. The molecular weight excluding hydrogens is 210 g/mol. The predicted octanol–water partition coefficient (Wildman–Crippen LogP) is 1.87. The van der Waals surface area contributed by atoms with Gasteiger partial charge in [0.05, 0.1) is 0 Å². The number of carboxylic acids is 1. The number of carboxylic acid groups (broad SMARTS) is 1. The molecule has 0 spiro atoms. The third kappa shape index (κ3) is 2.16. The Labute approximate surface area is 95.0 Å². The SMILES string of the molecule is O=C(O)C1(C2CCCCS2)CCCCN1. The highest BCUT2D eigenvalue weighted by molar-refractivity contribution is 8.00. The zero-order valence-electron chi connectivity index (χ0n) is 9.00. The molecule has 2 atom stereocenters. The van der Waals surface area contributed by atoms with Gasteiger partial charge in [0.2, 0.25) is 0 Å². The lowest BCUT2D eigenvalue weighted by atomic mass is 9.83. The minimum atomic E-state index is -0.637. The summed E-state index contributed by atoms with van der Waals surface area (Å²) in [4.78, 5) is 11.5. The van der Waals surface area contributed by atoms with Gasteiger partial charge < -0.3 is 10.4 Å². The van der Waals surface area contributed by atoms with Crippen molar-refractivity contribution >= 4 is 17.7 Å². The first-order valence-electron chi connectivity index (χ1n) is 5.86. The normalized spacial score (nSPS) is 37.5. The van der Waals surface area contributed by atoms with E-state index in [0.29, 0.717) is 0 Å². The van der Waals surface area contributed by atoms with Crippen LogP contribution in [0.1, 0.15) is 38.5 Å². The Morgan fingerprint density at radius 1 is 1.33 bits per heavy atom. The van der Waals surface area contributed by atoms with Gasteiger partial charge >= 0.3 is 5.97 Å². The molecule has 0 radical (unpaired) electrons. The van der Waals surface area contributed by atoms with Crippen molar-refractivity contribution in [3.05, 3.63) is 0 Å². The standard InChI is InChI=1S/C11H19NO2S/c13-10(14)11(6-2-3-7-12-11)9-5-1-4-8-15-9/h9,12H,1-8H2,(H,13,14). The fourth-order valence-electron chi connectivity index (χ4n) is 2.65. The Kier molecular flexibility index (Phi) is 3.57. The van der Waals surface area contributed by atoms with Gasteiger partial charge in [0.1, 0.15) is 5.54 Å². The molecule has 2 aliphatic heterocycles. The van der Waals surface area contributed by atoms with E-state index in [1.165, 1.54) is 12.8 Å². The Morgan fingerprint density at radius 2 is 2.20 bits per heavy atom. The summed E-state index contributed by atoms with van der Waals surface area (Å²) >= 11 is 1.85. The van der Waals surface area contributed by atoms with Crippen LogP contribution in [0.5, 0.6) is 0 Å². The molecule has 3 nitrogen and oxygen atoms in total. The van der Waals surface area contributed by atoms with Crippen LogP contribution in [0, 0.1) is 0 Å². The Morgan fingerprint density at radius 3 is 2.73 bits per heavy atom. The minimum absolute atomic E-state index is 0.282. The average molecular weight is 229 g/mol. The van der Waals surface area contributed by atoms with E-state index in [4.69, 9.17) is 0 Å². The van der Waals surface area contributed by atoms with E-state index in [1.54, 1.807) is 0 Å². The molecule has 2 saturated heterocycles. The number of carbonyl (C=O) groups is 1. The molecular formula is C11H19NO2S. The number of aliphatic carboxylic acids is 1. The number of hydrogen-bond donors (Lipinski definition) is 2. The number of thioether (sulfide) groups is 1. The van der Waals surface area contributed by atoms with Gasteiger partial charge in [0.15, 0.2) is 0 Å². The molecule has 0 aliphatic carbocycles. The molecule has 0 aromatic rings. The lowest BCUT2D eigenvalue weighted by Gasteiger charge is -2.42. The Bertz CT molecular complexity index is 233. The van der Waals surface area contributed by atoms with Gasteiger partial charge in [-0.25, -0.2) is 0 Å². The van der Waals surface area contributed by atoms with E-state index in [9.17, 15) is 9.90 Å². The van der Waals surface area contributed by atoms with Crippen molar-refractivity contribution in [1.29, 1.82) is 0 Å². The van der Waals surface area contributed by atoms with Crippen LogP contribution < -0.4 is 5.32 Å². The summed E-state index contributed by atoms with van der Waals surface area (Å²) in [6.07, 6.45) is 6.47. The van der Waals surface area contributed by atoms with Crippen LogP contribution in [0.4, 0.5) is 0 Å². The molecule has 15 heavy (non-hydrogen) atoms. The molecule has 2 unspecified atom stereocenters. The first-order valence-corrected chi connectivity index (χ1v) is 6.90. The van der Waals surface area contributed by atoms with Gasteiger partial charge in [0.25, 0.3) is 0 Å². The van der Waals surface area contributed by atoms with Crippen molar-refractivity contribution in [2.45, 2.75) is 49.3 Å². The van der Waals surface area contributed by atoms with Crippen LogP contribution in [0.15, 0.2) is 0 Å². The van der Waals surface area contributed by atoms with Crippen LogP contribution in [0.3, 0.4) is 0 Å². The van der Waals surface area contributed by atoms with Gasteiger partial charge in [-0.2, -0.15) is 11.8 Å². The Balaban J connectivity index is 2.12. The zero-order valence-corrected chi connectivity index (χ0v) is 9.81. The number of hydrogen-bond acceptors (Lipinski definition) is 3. The van der Waals surface area contributed by atoms with E-state index < -0.39 is 11.5 Å². The van der Waals surface area contributed by atoms with Crippen molar-refractivity contribution in [2.24, 2.45) is 0 Å². The summed E-state index contributed by atoms with van der Waals surface area (Å²) in [5.74, 6) is 0.489. The maximum absolute atomic E-state index is 11.5. The van der Waals surface area contributed by atoms with Crippen LogP contribution in [-0.4, -0.2) is 34.2 Å². The summed E-state index contributed by atoms with van der Waals surface area (Å²) < 4.78 is 0. The van der Waals surface area contributed by atoms with Gasteiger partial charge in [-0.05, 0) is 44.4 Å². The third-order valence-corrected chi connectivity index (χ3v) is 5.11. The molecule has 86 valence electrons. The monoisotopic (exact) mass is 229 g/mol. The highest BCUT2D eigenvalue weighted by atomic mass is 32.2. The maximum atomic E-state index is 11.5. The van der Waals surface area contributed by atoms with Gasteiger partial charge in [-0.15, -0.1) is 0 Å². The van der Waals surface area contributed by atoms with Crippen molar-refractivity contribution in [3.8, 4) is 0 Å². The van der Waals surface area contributed by atoms with Crippen LogP contribution in [-0.2, 0) is 4.79 Å². The van der Waals surface area contributed by atoms with Crippen molar-refractivity contribution in [1.82, 2.24) is 5.32 Å². The van der Waals surface area contributed by atoms with Crippen molar-refractivity contribution < 1.29 is 9.90 Å². The lowest BCUT2D eigenvalue weighted by molar-refractivity contribution is -0.146. The smallest absolute Gasteiger partial charge is 0.325 e. The molecule has 2 aliphatic rings. The van der Waals surface area contributed by atoms with Crippen molar-refractivity contribution in [2.75, 3.05) is 12.3 Å². The summed E-state index contributed by atoms with van der Waals surface area (Å²) in [6, 6.07) is 0. The summed E-state index contributed by atoms with van der Waals surface area (Å²) in [5, 5.41) is 13.0. The summed E-state index contributed by atoms with van der Waals surface area (Å²) in [5.41, 5.74) is -0.622. The predicted molar refractivity (Wildman–Crippen MR) is 62.3 cm³/mol. The second-order valence-electron chi connectivity index (χ2n) is 4.52. The van der Waals surface area contributed by atoms with E-state index in [-0.39, 0.29) is 5.25 Å². The van der Waals surface area contributed by atoms with E-state index in [0.717, 1.165) is 38.0 Å². The van der Waals surface area contributed by atoms with Crippen LogP contribution >= 0.6 is 11.8 Å². The van der Waals surface area contributed by atoms with Crippen LogP contribution in [0.2, 0.25) is 0 Å². The summed E-state index contributed by atoms with van der Waals surface area (Å²) in [6.45, 7) is 0.864. The lowest BCUT2D eigenvalue weighted by Crippen LogP contribution is -2.61. The fraction of sp³-hybridized carbons (Fsp3) is 0.909. The second kappa shape index (κ2) is 4.74. The van der Waals surface area contributed by atoms with E-state index in [1.807, 2.05) is 11.8 Å². The summed E-state index contributed by atoms with van der Waals surface area (Å²) in [7, 11) is 0. The third-order valence-electron chi connectivity index (χ3n) is 3.55. The van der Waals surface area contributed by atoms with E-state index >= 15 is 0 Å². The molecule has 2 heterocycles. The van der Waals surface area contributed by atoms with Crippen molar-refractivity contribution in [3.63, 3.8) is 0 Å². The maximum Gasteiger partial charge on any atom is 0.325 e. The number of rotatable bonds is 2. The minimum Gasteiger partial charge on any atom is -0.480 e. The largest absolute Gasteiger partial charge is 0.480 e. The van der Waals surface area contributed by atoms with Gasteiger partial charge in [-0.1, -0.05) is 6.42 Å². The average Bonchev–Trinajstić information content (AvgIpc) is 2.31. The fourth-order valence-corrected chi connectivity index (χ4v) is 4.23. The highest BCUT2D eigenvalue weighted by Gasteiger charge is 2.46. The van der Waals surface area contributed by atoms with Gasteiger partial charge in [-0.3, -0.25) is 4.79 Å². The van der Waals surface area contributed by atoms with Gasteiger partial charge in [0, 0.05) is 5.25 Å². The zero-order chi connectivity index (χ0) is 10.7. The van der Waals surface area contributed by atoms with E-state index in [2.05, 4.69) is 5.32 Å². The quantitative estimate of drug-likeness (QED) is 0.759. The molecule has 2 N–H and O–H groups in total. The molecule has 0 bridgehead atoms. The molecule has 2 rings (SSSR count). The number of piperidine rings is 1. The highest BCUT2D eigenvalue weighted by Crippen LogP contribution is 2.37.